The molecule has 31 heavy (non-hydrogen) atoms. The van der Waals surface area contributed by atoms with Gasteiger partial charge in [-0.25, -0.2) is 9.18 Å². The molecule has 1 aliphatic heterocycles. The van der Waals surface area contributed by atoms with Crippen molar-refractivity contribution in [1.82, 2.24) is 14.8 Å². The maximum atomic E-state index is 14.0. The number of hydrogen-bond donors (Lipinski definition) is 2. The highest BCUT2D eigenvalue weighted by Crippen LogP contribution is 2.43. The minimum atomic E-state index is -0.928. The molecule has 0 amide bonds. The molecule has 1 aliphatic rings. The molecule has 4 aromatic rings. The van der Waals surface area contributed by atoms with Crippen LogP contribution >= 0.6 is 0 Å². The van der Waals surface area contributed by atoms with Gasteiger partial charge < -0.3 is 14.4 Å². The molecule has 1 fully saturated rings. The standard InChI is InChI=1S/C24H24FN3O3/c1-12(2)23-22(15-8-21(24(29)30)31-11-15)17-9-19-14(10-26-27-19)7-20(17)28(23)16-4-5-18(25)13(3)6-16/h4-7,9-10,12,15,21H,8,11H2,1-3H3,(H,26,27)(H,29,30)/t15?,21-/m0/s1. The molecule has 3 heterocycles. The molecule has 1 unspecified atom stereocenters. The number of hydrogen-bond acceptors (Lipinski definition) is 3. The number of rotatable bonds is 4. The normalized spacial score (nSPS) is 19.1. The third-order valence-corrected chi connectivity index (χ3v) is 6.23. The van der Waals surface area contributed by atoms with Crippen LogP contribution in [0, 0.1) is 12.7 Å². The van der Waals surface area contributed by atoms with Crippen molar-refractivity contribution in [2.75, 3.05) is 6.61 Å². The first-order chi connectivity index (χ1) is 14.8. The lowest BCUT2D eigenvalue weighted by Gasteiger charge is -2.18. The van der Waals surface area contributed by atoms with E-state index in [-0.39, 0.29) is 17.7 Å². The number of carboxylic acids is 1. The number of nitrogens with one attached hydrogen (secondary N) is 1. The zero-order valence-electron chi connectivity index (χ0n) is 17.6. The summed E-state index contributed by atoms with van der Waals surface area (Å²) in [6.07, 6.45) is 1.42. The SMILES string of the molecule is Cc1cc(-n2c(C(C)C)c(C3CO[C@H](C(=O)O)C3)c3cc4[nH]ncc4cc32)ccc1F. The lowest BCUT2D eigenvalue weighted by molar-refractivity contribution is -0.147. The highest BCUT2D eigenvalue weighted by molar-refractivity contribution is 5.99. The minimum absolute atomic E-state index is 0.0378. The average Bonchev–Trinajstić information content (AvgIpc) is 3.44. The molecule has 0 aliphatic carbocycles. The highest BCUT2D eigenvalue weighted by Gasteiger charge is 2.36. The Morgan fingerprint density at radius 3 is 2.81 bits per heavy atom. The maximum absolute atomic E-state index is 14.0. The van der Waals surface area contributed by atoms with Crippen LogP contribution in [0.1, 0.15) is 48.9 Å². The van der Waals surface area contributed by atoms with Gasteiger partial charge in [-0.05, 0) is 60.7 Å². The molecule has 6 nitrogen and oxygen atoms in total. The molecular weight excluding hydrogens is 397 g/mol. The van der Waals surface area contributed by atoms with Gasteiger partial charge in [-0.1, -0.05) is 13.8 Å². The summed E-state index contributed by atoms with van der Waals surface area (Å²) in [5.74, 6) is -1.04. The van der Waals surface area contributed by atoms with Gasteiger partial charge in [0.2, 0.25) is 0 Å². The Morgan fingerprint density at radius 1 is 1.32 bits per heavy atom. The van der Waals surface area contributed by atoms with Gasteiger partial charge in [0.15, 0.2) is 6.10 Å². The van der Waals surface area contributed by atoms with Gasteiger partial charge in [0.05, 0.1) is 23.8 Å². The van der Waals surface area contributed by atoms with E-state index in [9.17, 15) is 14.3 Å². The number of halogens is 1. The van der Waals surface area contributed by atoms with Crippen LogP contribution in [-0.4, -0.2) is 38.6 Å². The van der Waals surface area contributed by atoms with E-state index in [4.69, 9.17) is 4.74 Å². The van der Waals surface area contributed by atoms with Crippen molar-refractivity contribution < 1.29 is 19.0 Å². The van der Waals surface area contributed by atoms with E-state index in [0.717, 1.165) is 38.8 Å². The predicted molar refractivity (Wildman–Crippen MR) is 116 cm³/mol. The number of aryl methyl sites for hydroxylation is 1. The lowest BCUT2D eigenvalue weighted by Crippen LogP contribution is -2.18. The summed E-state index contributed by atoms with van der Waals surface area (Å²) < 4.78 is 21.8. The van der Waals surface area contributed by atoms with Crippen LogP contribution in [0.15, 0.2) is 36.5 Å². The molecule has 2 N–H and O–H groups in total. The number of carboxylic acid groups (broad SMARTS) is 1. The number of nitrogens with zero attached hydrogens (tertiary/aromatic N) is 2. The van der Waals surface area contributed by atoms with Crippen molar-refractivity contribution in [3.63, 3.8) is 0 Å². The predicted octanol–water partition coefficient (Wildman–Crippen LogP) is 5.03. The quantitative estimate of drug-likeness (QED) is 0.484. The maximum Gasteiger partial charge on any atom is 0.332 e. The summed E-state index contributed by atoms with van der Waals surface area (Å²) in [5, 5.41) is 18.7. The van der Waals surface area contributed by atoms with Crippen LogP contribution in [0.2, 0.25) is 0 Å². The lowest BCUT2D eigenvalue weighted by atomic mass is 9.90. The molecule has 1 saturated heterocycles. The number of fused-ring (bicyclic) bond motifs is 2. The number of ether oxygens (including phenoxy) is 1. The van der Waals surface area contributed by atoms with Crippen molar-refractivity contribution in [2.24, 2.45) is 0 Å². The number of aromatic amines is 1. The summed E-state index contributed by atoms with van der Waals surface area (Å²) in [5.41, 5.74) is 5.58. The van der Waals surface area contributed by atoms with E-state index in [2.05, 4.69) is 40.7 Å². The topological polar surface area (TPSA) is 80.1 Å². The molecule has 0 bridgehead atoms. The fourth-order valence-corrected chi connectivity index (χ4v) is 4.81. The summed E-state index contributed by atoms with van der Waals surface area (Å²) in [6.45, 7) is 6.38. The Labute approximate surface area is 178 Å². The molecule has 7 heteroatoms. The Bertz CT molecular complexity index is 1320. The van der Waals surface area contributed by atoms with Crippen molar-refractivity contribution >= 4 is 27.8 Å². The first-order valence-electron chi connectivity index (χ1n) is 10.5. The molecule has 2 atom stereocenters. The van der Waals surface area contributed by atoms with E-state index in [1.165, 1.54) is 6.07 Å². The largest absolute Gasteiger partial charge is 0.479 e. The van der Waals surface area contributed by atoms with Crippen LogP contribution in [-0.2, 0) is 9.53 Å². The minimum Gasteiger partial charge on any atom is -0.479 e. The number of benzene rings is 2. The fraction of sp³-hybridized carbons (Fsp3) is 0.333. The molecule has 160 valence electrons. The van der Waals surface area contributed by atoms with E-state index in [0.29, 0.717) is 18.6 Å². The third kappa shape index (κ3) is 3.11. The Morgan fingerprint density at radius 2 is 2.13 bits per heavy atom. The second-order valence-electron chi connectivity index (χ2n) is 8.64. The van der Waals surface area contributed by atoms with Crippen LogP contribution in [0.25, 0.3) is 27.5 Å². The van der Waals surface area contributed by atoms with Crippen LogP contribution < -0.4 is 0 Å². The van der Waals surface area contributed by atoms with Gasteiger partial charge >= 0.3 is 5.97 Å². The Hall–Kier alpha value is -3.19. The Kier molecular flexibility index (Phi) is 4.59. The number of aromatic nitrogens is 3. The fourth-order valence-electron chi connectivity index (χ4n) is 4.81. The molecular formula is C24H24FN3O3. The second-order valence-corrected chi connectivity index (χ2v) is 8.64. The van der Waals surface area contributed by atoms with E-state index in [1.807, 2.05) is 6.07 Å². The summed E-state index contributed by atoms with van der Waals surface area (Å²) in [6, 6.07) is 9.32. The summed E-state index contributed by atoms with van der Waals surface area (Å²) in [4.78, 5) is 11.5. The number of aliphatic carboxylic acids is 1. The first-order valence-corrected chi connectivity index (χ1v) is 10.5. The van der Waals surface area contributed by atoms with E-state index >= 15 is 0 Å². The van der Waals surface area contributed by atoms with Gasteiger partial charge in [0, 0.05) is 28.1 Å². The zero-order chi connectivity index (χ0) is 21.9. The van der Waals surface area contributed by atoms with Crippen LogP contribution in [0.4, 0.5) is 4.39 Å². The zero-order valence-corrected chi connectivity index (χ0v) is 17.6. The van der Waals surface area contributed by atoms with Crippen molar-refractivity contribution in [3.05, 3.63) is 59.2 Å². The third-order valence-electron chi connectivity index (χ3n) is 6.23. The van der Waals surface area contributed by atoms with Gasteiger partial charge in [0.1, 0.15) is 5.82 Å². The molecule has 2 aromatic heterocycles. The molecule has 0 radical (unpaired) electrons. The van der Waals surface area contributed by atoms with Crippen molar-refractivity contribution in [1.29, 1.82) is 0 Å². The smallest absolute Gasteiger partial charge is 0.332 e. The van der Waals surface area contributed by atoms with Crippen LogP contribution in [0.5, 0.6) is 0 Å². The van der Waals surface area contributed by atoms with Gasteiger partial charge in [0.25, 0.3) is 0 Å². The first kappa shape index (κ1) is 19.8. The number of carbonyl (C=O) groups is 1. The van der Waals surface area contributed by atoms with Gasteiger partial charge in [-0.2, -0.15) is 5.10 Å². The van der Waals surface area contributed by atoms with Crippen molar-refractivity contribution in [2.45, 2.75) is 45.1 Å². The number of H-pyrrole nitrogens is 1. The molecule has 0 saturated carbocycles. The van der Waals surface area contributed by atoms with Gasteiger partial charge in [-0.3, -0.25) is 5.10 Å². The van der Waals surface area contributed by atoms with E-state index < -0.39 is 12.1 Å². The monoisotopic (exact) mass is 421 g/mol. The molecule has 5 rings (SSSR count). The summed E-state index contributed by atoms with van der Waals surface area (Å²) >= 11 is 0. The molecule has 0 spiro atoms. The van der Waals surface area contributed by atoms with Gasteiger partial charge in [-0.15, -0.1) is 0 Å². The van der Waals surface area contributed by atoms with E-state index in [1.54, 1.807) is 19.2 Å². The average molecular weight is 421 g/mol. The molecule has 2 aromatic carbocycles. The Balaban J connectivity index is 1.83. The van der Waals surface area contributed by atoms with Crippen molar-refractivity contribution in [3.8, 4) is 5.69 Å². The summed E-state index contributed by atoms with van der Waals surface area (Å²) in [7, 11) is 0. The second kappa shape index (κ2) is 7.20. The van der Waals surface area contributed by atoms with Crippen LogP contribution in [0.3, 0.4) is 0 Å². The highest BCUT2D eigenvalue weighted by atomic mass is 19.1.